The highest BCUT2D eigenvalue weighted by atomic mass is 32.2. The molecular weight excluding hydrogens is 318 g/mol. The lowest BCUT2D eigenvalue weighted by molar-refractivity contribution is 0.306. The molecule has 0 fully saturated rings. The molecule has 2 aromatic heterocycles. The zero-order chi connectivity index (χ0) is 16.4. The summed E-state index contributed by atoms with van der Waals surface area (Å²) in [5, 5.41) is 8.10. The van der Waals surface area contributed by atoms with Crippen molar-refractivity contribution in [1.82, 2.24) is 24.2 Å². The van der Waals surface area contributed by atoms with Gasteiger partial charge in [0.05, 0.1) is 30.5 Å². The van der Waals surface area contributed by atoms with Crippen LogP contribution in [0.4, 0.5) is 0 Å². The zero-order valence-corrected chi connectivity index (χ0v) is 14.2. The molecule has 9 heteroatoms. The van der Waals surface area contributed by atoms with Gasteiger partial charge >= 0.3 is 0 Å². The molecule has 0 N–H and O–H groups in total. The highest BCUT2D eigenvalue weighted by Crippen LogP contribution is 2.25. The zero-order valence-electron chi connectivity index (χ0n) is 13.3. The summed E-state index contributed by atoms with van der Waals surface area (Å²) in [4.78, 5) is 4.27. The van der Waals surface area contributed by atoms with Crippen LogP contribution in [0, 0.1) is 6.92 Å². The fourth-order valence-electron chi connectivity index (χ4n) is 2.72. The molecule has 0 spiro atoms. The van der Waals surface area contributed by atoms with Gasteiger partial charge in [-0.1, -0.05) is 18.5 Å². The molecule has 1 aliphatic rings. The molecule has 1 atom stereocenters. The van der Waals surface area contributed by atoms with Crippen LogP contribution < -0.4 is 0 Å². The standard InChI is InChI=1S/C14H21N5O3S/c1-3-4-7-23(20,21)18-8-12(14-16-11(2)17-22-14)9-19-13(10-18)5-6-15-19/h5-6,12H,3-4,7-10H2,1-2H3/t12-/m0/s1. The summed E-state index contributed by atoms with van der Waals surface area (Å²) in [7, 11) is -3.32. The van der Waals surface area contributed by atoms with Gasteiger partial charge < -0.3 is 4.52 Å². The Labute approximate surface area is 135 Å². The maximum absolute atomic E-state index is 12.6. The monoisotopic (exact) mass is 339 g/mol. The largest absolute Gasteiger partial charge is 0.339 e. The third-order valence-corrected chi connectivity index (χ3v) is 5.87. The van der Waals surface area contributed by atoms with E-state index in [0.29, 0.717) is 37.8 Å². The Hall–Kier alpha value is -1.74. The van der Waals surface area contributed by atoms with E-state index >= 15 is 0 Å². The normalized spacial score (nSPS) is 19.5. The Morgan fingerprint density at radius 3 is 2.91 bits per heavy atom. The lowest BCUT2D eigenvalue weighted by Gasteiger charge is -2.21. The van der Waals surface area contributed by atoms with Crippen LogP contribution in [0.1, 0.15) is 43.1 Å². The summed E-state index contributed by atoms with van der Waals surface area (Å²) in [6.07, 6.45) is 3.19. The Kier molecular flexibility index (Phi) is 4.49. The minimum Gasteiger partial charge on any atom is -0.339 e. The summed E-state index contributed by atoms with van der Waals surface area (Å²) in [6, 6.07) is 1.85. The summed E-state index contributed by atoms with van der Waals surface area (Å²) >= 11 is 0. The number of aromatic nitrogens is 4. The molecule has 3 rings (SSSR count). The van der Waals surface area contributed by atoms with Crippen LogP contribution in [0.2, 0.25) is 0 Å². The number of nitrogens with zero attached hydrogens (tertiary/aromatic N) is 5. The van der Waals surface area contributed by atoms with Crippen molar-refractivity contribution in [2.75, 3.05) is 12.3 Å². The molecule has 0 saturated heterocycles. The van der Waals surface area contributed by atoms with Crippen LogP contribution in [-0.4, -0.2) is 44.9 Å². The number of hydrogen-bond donors (Lipinski definition) is 0. The van der Waals surface area contributed by atoms with Crippen molar-refractivity contribution in [3.05, 3.63) is 29.7 Å². The van der Waals surface area contributed by atoms with Gasteiger partial charge in [-0.15, -0.1) is 0 Å². The molecule has 0 bridgehead atoms. The van der Waals surface area contributed by atoms with Gasteiger partial charge in [-0.2, -0.15) is 14.4 Å². The van der Waals surface area contributed by atoms with Crippen LogP contribution in [0.15, 0.2) is 16.8 Å². The van der Waals surface area contributed by atoms with Crippen molar-refractivity contribution in [2.24, 2.45) is 0 Å². The van der Waals surface area contributed by atoms with Gasteiger partial charge in [0.1, 0.15) is 0 Å². The third kappa shape index (κ3) is 3.45. The van der Waals surface area contributed by atoms with E-state index in [1.165, 1.54) is 4.31 Å². The highest BCUT2D eigenvalue weighted by Gasteiger charge is 2.32. The van der Waals surface area contributed by atoms with Crippen molar-refractivity contribution < 1.29 is 12.9 Å². The number of rotatable bonds is 5. The molecule has 0 amide bonds. The Balaban J connectivity index is 1.91. The highest BCUT2D eigenvalue weighted by molar-refractivity contribution is 7.89. The second-order valence-corrected chi connectivity index (χ2v) is 7.93. The lowest BCUT2D eigenvalue weighted by atomic mass is 10.1. The van der Waals surface area contributed by atoms with E-state index in [0.717, 1.165) is 12.1 Å². The van der Waals surface area contributed by atoms with Crippen LogP contribution >= 0.6 is 0 Å². The molecule has 8 nitrogen and oxygen atoms in total. The SMILES string of the molecule is CCCCS(=O)(=O)N1Cc2ccnn2C[C@@H](c2nc(C)no2)C1. The maximum atomic E-state index is 12.6. The van der Waals surface area contributed by atoms with Gasteiger partial charge in [0.25, 0.3) is 0 Å². The molecular formula is C14H21N5O3S. The number of sulfonamides is 1. The minimum absolute atomic E-state index is 0.160. The van der Waals surface area contributed by atoms with E-state index in [2.05, 4.69) is 15.2 Å². The van der Waals surface area contributed by atoms with Crippen LogP contribution in [0.25, 0.3) is 0 Å². The Morgan fingerprint density at radius 1 is 1.39 bits per heavy atom. The third-order valence-electron chi connectivity index (χ3n) is 4.00. The predicted octanol–water partition coefficient (Wildman–Crippen LogP) is 1.30. The molecule has 2 aromatic rings. The molecule has 23 heavy (non-hydrogen) atoms. The summed E-state index contributed by atoms with van der Waals surface area (Å²) in [6.45, 7) is 4.92. The van der Waals surface area contributed by atoms with Crippen molar-refractivity contribution >= 4 is 10.0 Å². The van der Waals surface area contributed by atoms with Crippen LogP contribution in [0.3, 0.4) is 0 Å². The van der Waals surface area contributed by atoms with Crippen LogP contribution in [0.5, 0.6) is 0 Å². The first-order valence-corrected chi connectivity index (χ1v) is 9.39. The van der Waals surface area contributed by atoms with Crippen molar-refractivity contribution in [1.29, 1.82) is 0 Å². The van der Waals surface area contributed by atoms with Gasteiger partial charge in [-0.25, -0.2) is 8.42 Å². The van der Waals surface area contributed by atoms with Gasteiger partial charge in [0, 0.05) is 12.7 Å². The molecule has 0 radical (unpaired) electrons. The van der Waals surface area contributed by atoms with Gasteiger partial charge in [0.15, 0.2) is 5.82 Å². The topological polar surface area (TPSA) is 94.1 Å². The van der Waals surface area contributed by atoms with Crippen molar-refractivity contribution in [3.63, 3.8) is 0 Å². The molecule has 1 aliphatic heterocycles. The second-order valence-electron chi connectivity index (χ2n) is 5.84. The van der Waals surface area contributed by atoms with Gasteiger partial charge in [-0.3, -0.25) is 4.68 Å². The van der Waals surface area contributed by atoms with E-state index in [1.54, 1.807) is 13.1 Å². The summed E-state index contributed by atoms with van der Waals surface area (Å²) in [5.41, 5.74) is 0.879. The van der Waals surface area contributed by atoms with E-state index in [-0.39, 0.29) is 11.7 Å². The second kappa shape index (κ2) is 6.40. The fraction of sp³-hybridized carbons (Fsp3) is 0.643. The van der Waals surface area contributed by atoms with Crippen molar-refractivity contribution in [3.8, 4) is 0 Å². The number of hydrogen-bond acceptors (Lipinski definition) is 6. The number of unbranched alkanes of at least 4 members (excludes halogenated alkanes) is 1. The lowest BCUT2D eigenvalue weighted by Crippen LogP contribution is -2.35. The first-order chi connectivity index (χ1) is 11.0. The summed E-state index contributed by atoms with van der Waals surface area (Å²) in [5.74, 6) is 0.966. The molecule has 0 aromatic carbocycles. The minimum atomic E-state index is -3.32. The van der Waals surface area contributed by atoms with Gasteiger partial charge in [0.2, 0.25) is 15.9 Å². The number of aryl methyl sites for hydroxylation is 1. The van der Waals surface area contributed by atoms with E-state index in [4.69, 9.17) is 4.52 Å². The molecule has 126 valence electrons. The molecule has 0 aliphatic carbocycles. The fourth-order valence-corrected chi connectivity index (χ4v) is 4.37. The quantitative estimate of drug-likeness (QED) is 0.815. The van der Waals surface area contributed by atoms with E-state index in [1.807, 2.05) is 17.7 Å². The molecule has 3 heterocycles. The van der Waals surface area contributed by atoms with Crippen molar-refractivity contribution in [2.45, 2.75) is 45.7 Å². The maximum Gasteiger partial charge on any atom is 0.232 e. The van der Waals surface area contributed by atoms with Gasteiger partial charge in [-0.05, 0) is 19.4 Å². The first kappa shape index (κ1) is 16.1. The summed E-state index contributed by atoms with van der Waals surface area (Å²) < 4.78 is 33.9. The van der Waals surface area contributed by atoms with Crippen LogP contribution in [-0.2, 0) is 23.1 Å². The number of fused-ring (bicyclic) bond motifs is 1. The Bertz CT molecular complexity index is 767. The molecule has 0 unspecified atom stereocenters. The smallest absolute Gasteiger partial charge is 0.232 e. The Morgan fingerprint density at radius 2 is 2.22 bits per heavy atom. The van der Waals surface area contributed by atoms with E-state index in [9.17, 15) is 8.42 Å². The predicted molar refractivity (Wildman–Crippen MR) is 83.1 cm³/mol. The average molecular weight is 339 g/mol. The van der Waals surface area contributed by atoms with E-state index < -0.39 is 10.0 Å². The first-order valence-electron chi connectivity index (χ1n) is 7.78. The average Bonchev–Trinajstić information content (AvgIpc) is 3.09. The molecule has 0 saturated carbocycles.